The lowest BCUT2D eigenvalue weighted by molar-refractivity contribution is 0.187. The Labute approximate surface area is 99.5 Å². The summed E-state index contributed by atoms with van der Waals surface area (Å²) >= 11 is 5.93. The summed E-state index contributed by atoms with van der Waals surface area (Å²) in [6.45, 7) is 3.76. The van der Waals surface area contributed by atoms with Crippen LogP contribution in [0.2, 0.25) is 5.02 Å². The van der Waals surface area contributed by atoms with E-state index in [9.17, 15) is 5.11 Å². The maximum absolute atomic E-state index is 10.1. The highest BCUT2D eigenvalue weighted by molar-refractivity contribution is 6.31. The molecule has 1 atom stereocenters. The fraction of sp³-hybridized carbons (Fsp3) is 0.231. The molecule has 0 spiro atoms. The predicted octanol–water partition coefficient (Wildman–Crippen LogP) is 3.63. The highest BCUT2D eigenvalue weighted by Crippen LogP contribution is 2.26. The van der Waals surface area contributed by atoms with E-state index in [1.165, 1.54) is 0 Å². The van der Waals surface area contributed by atoms with Gasteiger partial charge in [-0.2, -0.15) is 0 Å². The van der Waals surface area contributed by atoms with Crippen LogP contribution >= 0.6 is 11.6 Å². The largest absolute Gasteiger partial charge is 0.463 e. The Morgan fingerprint density at radius 2 is 1.94 bits per heavy atom. The molecule has 0 radical (unpaired) electrons. The van der Waals surface area contributed by atoms with Gasteiger partial charge in [0, 0.05) is 5.02 Å². The van der Waals surface area contributed by atoms with E-state index in [-0.39, 0.29) is 0 Å². The normalized spacial score (nSPS) is 12.8. The summed E-state index contributed by atoms with van der Waals surface area (Å²) < 4.78 is 5.39. The molecule has 2 rings (SSSR count). The number of rotatable bonds is 2. The molecule has 0 aliphatic carbocycles. The van der Waals surface area contributed by atoms with Crippen LogP contribution in [0.25, 0.3) is 0 Å². The van der Waals surface area contributed by atoms with Gasteiger partial charge in [0.15, 0.2) is 0 Å². The van der Waals surface area contributed by atoms with Crippen LogP contribution < -0.4 is 0 Å². The third-order valence-corrected chi connectivity index (χ3v) is 2.95. The number of hydrogen-bond donors (Lipinski definition) is 1. The lowest BCUT2D eigenvalue weighted by atomic mass is 10.1. The Hall–Kier alpha value is -1.25. The maximum Gasteiger partial charge on any atom is 0.137 e. The summed E-state index contributed by atoms with van der Waals surface area (Å²) in [7, 11) is 0. The van der Waals surface area contributed by atoms with Gasteiger partial charge in [-0.15, -0.1) is 0 Å². The van der Waals surface area contributed by atoms with Crippen molar-refractivity contribution in [3.8, 4) is 0 Å². The van der Waals surface area contributed by atoms with Crippen molar-refractivity contribution < 1.29 is 9.52 Å². The van der Waals surface area contributed by atoms with Crippen molar-refractivity contribution >= 4 is 11.6 Å². The number of hydrogen-bond acceptors (Lipinski definition) is 2. The van der Waals surface area contributed by atoms with Crippen LogP contribution in [0.5, 0.6) is 0 Å². The fourth-order valence-corrected chi connectivity index (χ4v) is 1.72. The highest BCUT2D eigenvalue weighted by Gasteiger charge is 2.14. The summed E-state index contributed by atoms with van der Waals surface area (Å²) in [5.41, 5.74) is 1.73. The van der Waals surface area contributed by atoms with E-state index in [0.717, 1.165) is 16.9 Å². The van der Waals surface area contributed by atoms with Gasteiger partial charge in [-0.25, -0.2) is 0 Å². The third kappa shape index (κ3) is 2.13. The third-order valence-electron chi connectivity index (χ3n) is 2.53. The van der Waals surface area contributed by atoms with Crippen LogP contribution in [-0.2, 0) is 0 Å². The molecule has 0 bridgehead atoms. The number of aliphatic hydroxyl groups is 1. The lowest BCUT2D eigenvalue weighted by Crippen LogP contribution is -1.98. The molecular formula is C13H13ClO2. The van der Waals surface area contributed by atoms with E-state index < -0.39 is 6.10 Å². The molecule has 0 saturated heterocycles. The molecule has 1 N–H and O–H groups in total. The van der Waals surface area contributed by atoms with Gasteiger partial charge in [-0.1, -0.05) is 23.7 Å². The predicted molar refractivity (Wildman–Crippen MR) is 63.7 cm³/mol. The van der Waals surface area contributed by atoms with Gasteiger partial charge in [0.1, 0.15) is 17.6 Å². The Balaban J connectivity index is 2.33. The van der Waals surface area contributed by atoms with E-state index in [1.54, 1.807) is 18.2 Å². The number of furan rings is 1. The van der Waals surface area contributed by atoms with Crippen LogP contribution in [-0.4, -0.2) is 5.11 Å². The van der Waals surface area contributed by atoms with Crippen molar-refractivity contribution in [3.63, 3.8) is 0 Å². The molecule has 0 aliphatic rings. The minimum absolute atomic E-state index is 0.555. The zero-order chi connectivity index (χ0) is 11.7. The molecule has 0 saturated carbocycles. The van der Waals surface area contributed by atoms with Gasteiger partial charge in [0.25, 0.3) is 0 Å². The van der Waals surface area contributed by atoms with Crippen LogP contribution in [0.15, 0.2) is 34.7 Å². The smallest absolute Gasteiger partial charge is 0.137 e. The average molecular weight is 237 g/mol. The monoisotopic (exact) mass is 236 g/mol. The van der Waals surface area contributed by atoms with Gasteiger partial charge in [-0.3, -0.25) is 0 Å². The van der Waals surface area contributed by atoms with Gasteiger partial charge < -0.3 is 9.52 Å². The first kappa shape index (κ1) is 11.2. The summed E-state index contributed by atoms with van der Waals surface area (Å²) in [5.74, 6) is 1.35. The van der Waals surface area contributed by atoms with Crippen molar-refractivity contribution in [1.29, 1.82) is 0 Å². The first-order valence-corrected chi connectivity index (χ1v) is 5.46. The molecule has 1 aromatic heterocycles. The SMILES string of the molecule is Cc1ccc([C@@H](O)c2ccc(Cl)c(C)c2)o1. The molecule has 84 valence electrons. The minimum Gasteiger partial charge on any atom is -0.463 e. The Kier molecular flexibility index (Phi) is 3.03. The second-order valence-corrected chi connectivity index (χ2v) is 4.27. The number of benzene rings is 1. The molecule has 3 heteroatoms. The van der Waals surface area contributed by atoms with Crippen LogP contribution in [0.4, 0.5) is 0 Å². The lowest BCUT2D eigenvalue weighted by Gasteiger charge is -2.09. The Morgan fingerprint density at radius 3 is 2.50 bits per heavy atom. The standard InChI is InChI=1S/C13H13ClO2/c1-8-7-10(4-5-11(8)14)13(15)12-6-3-9(2)16-12/h3-7,13,15H,1-2H3/t13-/m0/s1. The molecule has 0 fully saturated rings. The van der Waals surface area contributed by atoms with Crippen molar-refractivity contribution in [1.82, 2.24) is 0 Å². The number of halogens is 1. The average Bonchev–Trinajstić information content (AvgIpc) is 2.68. The fourth-order valence-electron chi connectivity index (χ4n) is 1.60. The van der Waals surface area contributed by atoms with Crippen LogP contribution in [0.3, 0.4) is 0 Å². The van der Waals surface area contributed by atoms with Crippen molar-refractivity contribution in [3.05, 3.63) is 58.0 Å². The quantitative estimate of drug-likeness (QED) is 0.864. The first-order chi connectivity index (χ1) is 7.58. The van der Waals surface area contributed by atoms with Crippen molar-refractivity contribution in [2.45, 2.75) is 20.0 Å². The summed E-state index contributed by atoms with van der Waals surface area (Å²) in [5, 5.41) is 10.8. The summed E-state index contributed by atoms with van der Waals surface area (Å²) in [6, 6.07) is 9.07. The molecular weight excluding hydrogens is 224 g/mol. The second kappa shape index (κ2) is 4.32. The highest BCUT2D eigenvalue weighted by atomic mass is 35.5. The van der Waals surface area contributed by atoms with Gasteiger partial charge in [0.2, 0.25) is 0 Å². The summed E-state index contributed by atoms with van der Waals surface area (Å²) in [6.07, 6.45) is -0.732. The van der Waals surface area contributed by atoms with E-state index in [1.807, 2.05) is 26.0 Å². The Bertz CT molecular complexity index is 502. The molecule has 2 nitrogen and oxygen atoms in total. The zero-order valence-electron chi connectivity index (χ0n) is 9.20. The minimum atomic E-state index is -0.732. The molecule has 1 heterocycles. The van der Waals surface area contributed by atoms with Gasteiger partial charge >= 0.3 is 0 Å². The van der Waals surface area contributed by atoms with Crippen molar-refractivity contribution in [2.24, 2.45) is 0 Å². The van der Waals surface area contributed by atoms with Crippen LogP contribution in [0.1, 0.15) is 28.8 Å². The van der Waals surface area contributed by atoms with Crippen LogP contribution in [0, 0.1) is 13.8 Å². The first-order valence-electron chi connectivity index (χ1n) is 5.08. The second-order valence-electron chi connectivity index (χ2n) is 3.86. The molecule has 16 heavy (non-hydrogen) atoms. The van der Waals surface area contributed by atoms with Crippen molar-refractivity contribution in [2.75, 3.05) is 0 Å². The van der Waals surface area contributed by atoms with E-state index in [0.29, 0.717) is 10.8 Å². The maximum atomic E-state index is 10.1. The van der Waals surface area contributed by atoms with Gasteiger partial charge in [-0.05, 0) is 43.2 Å². The molecule has 2 aromatic rings. The number of aryl methyl sites for hydroxylation is 2. The van der Waals surface area contributed by atoms with E-state index in [2.05, 4.69) is 0 Å². The number of aliphatic hydroxyl groups excluding tert-OH is 1. The molecule has 0 amide bonds. The molecule has 1 aromatic carbocycles. The topological polar surface area (TPSA) is 33.4 Å². The summed E-state index contributed by atoms with van der Waals surface area (Å²) in [4.78, 5) is 0. The zero-order valence-corrected chi connectivity index (χ0v) is 9.95. The molecule has 0 aliphatic heterocycles. The van der Waals surface area contributed by atoms with Gasteiger partial charge in [0.05, 0.1) is 0 Å². The van der Waals surface area contributed by atoms with E-state index >= 15 is 0 Å². The van der Waals surface area contributed by atoms with E-state index in [4.69, 9.17) is 16.0 Å². The molecule has 0 unspecified atom stereocenters. The Morgan fingerprint density at radius 1 is 1.19 bits per heavy atom.